The summed E-state index contributed by atoms with van der Waals surface area (Å²) in [4.78, 5) is 23.2. The van der Waals surface area contributed by atoms with Gasteiger partial charge in [0.1, 0.15) is 0 Å². The van der Waals surface area contributed by atoms with E-state index < -0.39 is 5.97 Å². The summed E-state index contributed by atoms with van der Waals surface area (Å²) >= 11 is 4.48. The van der Waals surface area contributed by atoms with Gasteiger partial charge in [-0.3, -0.25) is 9.59 Å². The molecule has 0 aliphatic rings. The van der Waals surface area contributed by atoms with Crippen molar-refractivity contribution in [2.75, 3.05) is 5.33 Å². The number of ketones is 1. The monoisotopic (exact) mass is 300 g/mol. The molecule has 84 valence electrons. The van der Waals surface area contributed by atoms with Crippen LogP contribution in [0.25, 0.3) is 0 Å². The molecule has 0 spiro atoms. The lowest BCUT2D eigenvalue weighted by atomic mass is 10.2. The average Bonchev–Trinajstić information content (AvgIpc) is 2.71. The molecule has 0 aliphatic heterocycles. The van der Waals surface area contributed by atoms with E-state index in [2.05, 4.69) is 27.8 Å². The summed E-state index contributed by atoms with van der Waals surface area (Å²) in [6.07, 6.45) is -0.0830. The fraction of sp³-hybridized carbons (Fsp3) is 0.273. The van der Waals surface area contributed by atoms with Crippen molar-refractivity contribution in [3.63, 3.8) is 0 Å². The second-order valence-corrected chi connectivity index (χ2v) is 4.56. The van der Waals surface area contributed by atoms with Crippen LogP contribution in [0.5, 0.6) is 0 Å². The van der Waals surface area contributed by atoms with Crippen molar-refractivity contribution in [2.24, 2.45) is 0 Å². The Morgan fingerprint density at radius 3 is 2.75 bits per heavy atom. The predicted octanol–water partition coefficient (Wildman–Crippen LogP) is 2.54. The quantitative estimate of drug-likeness (QED) is 0.528. The van der Waals surface area contributed by atoms with Crippen molar-refractivity contribution in [2.45, 2.75) is 12.8 Å². The smallest absolute Gasteiger partial charge is 0.303 e. The fourth-order valence-corrected chi connectivity index (χ4v) is 2.01. The zero-order chi connectivity index (χ0) is 12.0. The molecule has 5 heteroatoms. The highest BCUT2D eigenvalue weighted by Gasteiger charge is 2.10. The topological polar surface area (TPSA) is 54.4 Å². The standard InChI is InChI=1S/C11H9BrO3S/c12-7-1-2-8-3-5-10(16-8)9(13)4-6-11(14)15/h3,5H,4,6-7H2,(H,14,15). The van der Waals surface area contributed by atoms with E-state index in [0.29, 0.717) is 10.2 Å². The van der Waals surface area contributed by atoms with Crippen LogP contribution in [0.2, 0.25) is 0 Å². The molecule has 0 aliphatic carbocycles. The van der Waals surface area contributed by atoms with Crippen molar-refractivity contribution >= 4 is 39.0 Å². The molecule has 0 atom stereocenters. The summed E-state index contributed by atoms with van der Waals surface area (Å²) < 4.78 is 0. The number of carboxylic acid groups (broad SMARTS) is 1. The minimum absolute atomic E-state index is 0.0428. The van der Waals surface area contributed by atoms with Gasteiger partial charge in [0.05, 0.1) is 21.5 Å². The fourth-order valence-electron chi connectivity index (χ4n) is 1.02. The Bertz CT molecular complexity index is 453. The molecule has 0 radical (unpaired) electrons. The number of hydrogen-bond donors (Lipinski definition) is 1. The first-order valence-corrected chi connectivity index (χ1v) is 6.47. The van der Waals surface area contributed by atoms with Gasteiger partial charge in [-0.05, 0) is 12.1 Å². The first-order valence-electron chi connectivity index (χ1n) is 4.53. The number of rotatable bonds is 4. The van der Waals surface area contributed by atoms with Gasteiger partial charge in [0.25, 0.3) is 0 Å². The molecule has 1 heterocycles. The first kappa shape index (κ1) is 12.9. The number of carbonyl (C=O) groups excluding carboxylic acids is 1. The van der Waals surface area contributed by atoms with E-state index in [0.717, 1.165) is 4.88 Å². The Morgan fingerprint density at radius 1 is 1.38 bits per heavy atom. The number of halogens is 1. The summed E-state index contributed by atoms with van der Waals surface area (Å²) in [5, 5.41) is 9.04. The van der Waals surface area contributed by atoms with Crippen LogP contribution in [0.15, 0.2) is 12.1 Å². The molecular formula is C11H9BrO3S. The van der Waals surface area contributed by atoms with Gasteiger partial charge in [0.15, 0.2) is 5.78 Å². The highest BCUT2D eigenvalue weighted by Crippen LogP contribution is 2.17. The van der Waals surface area contributed by atoms with Crippen LogP contribution in [-0.2, 0) is 4.79 Å². The van der Waals surface area contributed by atoms with E-state index in [1.165, 1.54) is 11.3 Å². The largest absolute Gasteiger partial charge is 0.481 e. The maximum Gasteiger partial charge on any atom is 0.303 e. The third-order valence-corrected chi connectivity index (χ3v) is 3.05. The van der Waals surface area contributed by atoms with Gasteiger partial charge < -0.3 is 5.11 Å². The highest BCUT2D eigenvalue weighted by molar-refractivity contribution is 9.09. The van der Waals surface area contributed by atoms with Gasteiger partial charge in [-0.2, -0.15) is 0 Å². The zero-order valence-electron chi connectivity index (χ0n) is 8.33. The number of carbonyl (C=O) groups is 2. The average molecular weight is 301 g/mol. The van der Waals surface area contributed by atoms with E-state index in [4.69, 9.17) is 5.11 Å². The second-order valence-electron chi connectivity index (χ2n) is 2.92. The number of thiophene rings is 1. The Balaban J connectivity index is 2.63. The molecule has 16 heavy (non-hydrogen) atoms. The molecule has 1 rings (SSSR count). The second kappa shape index (κ2) is 6.46. The number of carboxylic acids is 1. The summed E-state index contributed by atoms with van der Waals surface area (Å²) in [6.45, 7) is 0. The van der Waals surface area contributed by atoms with Crippen molar-refractivity contribution < 1.29 is 14.7 Å². The van der Waals surface area contributed by atoms with Crippen LogP contribution in [0.3, 0.4) is 0 Å². The molecule has 0 aromatic carbocycles. The Kier molecular flexibility index (Phi) is 5.23. The van der Waals surface area contributed by atoms with Gasteiger partial charge in [-0.15, -0.1) is 11.3 Å². The third-order valence-electron chi connectivity index (χ3n) is 1.73. The maximum absolute atomic E-state index is 11.5. The van der Waals surface area contributed by atoms with Crippen LogP contribution >= 0.6 is 27.3 Å². The van der Waals surface area contributed by atoms with Gasteiger partial charge in [0, 0.05) is 6.42 Å². The predicted molar refractivity (Wildman–Crippen MR) is 66.2 cm³/mol. The minimum Gasteiger partial charge on any atom is -0.481 e. The number of Topliss-reactive ketones (excluding diaryl/α,β-unsaturated/α-hetero) is 1. The van der Waals surface area contributed by atoms with E-state index in [1.807, 2.05) is 0 Å². The number of aliphatic carboxylic acids is 1. The molecule has 0 saturated heterocycles. The maximum atomic E-state index is 11.5. The lowest BCUT2D eigenvalue weighted by Gasteiger charge is -1.93. The van der Waals surface area contributed by atoms with Crippen molar-refractivity contribution in [3.05, 3.63) is 21.9 Å². The summed E-state index contributed by atoms with van der Waals surface area (Å²) in [7, 11) is 0. The molecule has 1 N–H and O–H groups in total. The van der Waals surface area contributed by atoms with Crippen LogP contribution in [0.1, 0.15) is 27.4 Å². The molecule has 0 fully saturated rings. The van der Waals surface area contributed by atoms with Crippen LogP contribution in [-0.4, -0.2) is 22.2 Å². The van der Waals surface area contributed by atoms with Gasteiger partial charge in [-0.1, -0.05) is 27.8 Å². The van der Waals surface area contributed by atoms with E-state index in [1.54, 1.807) is 12.1 Å². The van der Waals surface area contributed by atoms with E-state index >= 15 is 0 Å². The summed E-state index contributed by atoms with van der Waals surface area (Å²) in [5.74, 6) is 4.63. The molecule has 0 unspecified atom stereocenters. The first-order chi connectivity index (χ1) is 7.63. The molecule has 0 bridgehead atoms. The van der Waals surface area contributed by atoms with Crippen molar-refractivity contribution in [1.82, 2.24) is 0 Å². The summed E-state index contributed by atoms with van der Waals surface area (Å²) in [6, 6.07) is 3.46. The third kappa shape index (κ3) is 4.17. The van der Waals surface area contributed by atoms with Crippen LogP contribution in [0, 0.1) is 11.8 Å². The normalized spacial score (nSPS) is 9.31. The molecule has 1 aromatic heterocycles. The lowest BCUT2D eigenvalue weighted by molar-refractivity contribution is -0.136. The zero-order valence-corrected chi connectivity index (χ0v) is 10.7. The van der Waals surface area contributed by atoms with Crippen molar-refractivity contribution in [1.29, 1.82) is 0 Å². The Hall–Kier alpha value is -1.12. The Morgan fingerprint density at radius 2 is 2.12 bits per heavy atom. The molecular weight excluding hydrogens is 292 g/mol. The Labute approximate surface area is 106 Å². The summed E-state index contributed by atoms with van der Waals surface area (Å²) in [5.41, 5.74) is 0. The van der Waals surface area contributed by atoms with Gasteiger partial charge in [0.2, 0.25) is 0 Å². The lowest BCUT2D eigenvalue weighted by Crippen LogP contribution is -2.01. The van der Waals surface area contributed by atoms with E-state index in [-0.39, 0.29) is 18.6 Å². The molecule has 1 aromatic rings. The highest BCUT2D eigenvalue weighted by atomic mass is 79.9. The number of hydrogen-bond acceptors (Lipinski definition) is 3. The SMILES string of the molecule is O=C(O)CCC(=O)c1ccc(C#CCBr)s1. The minimum atomic E-state index is -0.954. The van der Waals surface area contributed by atoms with Gasteiger partial charge >= 0.3 is 5.97 Å². The van der Waals surface area contributed by atoms with Crippen molar-refractivity contribution in [3.8, 4) is 11.8 Å². The van der Waals surface area contributed by atoms with E-state index in [9.17, 15) is 9.59 Å². The molecule has 0 amide bonds. The van der Waals surface area contributed by atoms with Gasteiger partial charge in [-0.25, -0.2) is 0 Å². The van der Waals surface area contributed by atoms with Crippen LogP contribution < -0.4 is 0 Å². The molecule has 0 saturated carbocycles. The molecule has 3 nitrogen and oxygen atoms in total. The van der Waals surface area contributed by atoms with Crippen LogP contribution in [0.4, 0.5) is 0 Å². The number of alkyl halides is 1.